The maximum atomic E-state index is 12.1. The van der Waals surface area contributed by atoms with Crippen molar-refractivity contribution < 1.29 is 19.3 Å². The molecule has 3 nitrogen and oxygen atoms in total. The third-order valence-corrected chi connectivity index (χ3v) is 6.96. The van der Waals surface area contributed by atoms with E-state index in [1.807, 2.05) is 6.07 Å². The van der Waals surface area contributed by atoms with Crippen molar-refractivity contribution in [1.29, 1.82) is 0 Å². The minimum Gasteiger partial charge on any atom is -0.393 e. The Morgan fingerprint density at radius 3 is 2.96 bits per heavy atom. The predicted octanol–water partition coefficient (Wildman–Crippen LogP) is 4.18. The fraction of sp³-hybridized carbons (Fsp3) is 0.700. The molecule has 0 amide bonds. The average Bonchev–Trinajstić information content (AvgIpc) is 2.90. The van der Waals surface area contributed by atoms with E-state index in [1.54, 1.807) is 0 Å². The third-order valence-electron chi connectivity index (χ3n) is 6.96. The molecule has 4 rings (SSSR count). The Morgan fingerprint density at radius 1 is 1.25 bits per heavy atom. The van der Waals surface area contributed by atoms with E-state index in [2.05, 4.69) is 19.1 Å². The molecule has 0 bridgehead atoms. The first kappa shape index (κ1) is 16.3. The van der Waals surface area contributed by atoms with Gasteiger partial charge in [0, 0.05) is 0 Å². The second kappa shape index (κ2) is 6.30. The van der Waals surface area contributed by atoms with E-state index in [4.69, 9.17) is 9.78 Å². The first-order valence-corrected chi connectivity index (χ1v) is 9.30. The minimum absolute atomic E-state index is 0.0373. The molecule has 4 heteroatoms. The molecule has 0 aromatic heterocycles. The van der Waals surface area contributed by atoms with Gasteiger partial charge in [-0.15, -0.1) is 0 Å². The summed E-state index contributed by atoms with van der Waals surface area (Å²) in [5.41, 5.74) is 2.93. The summed E-state index contributed by atoms with van der Waals surface area (Å²) in [5, 5.41) is 10.5. The first-order valence-electron chi connectivity index (χ1n) is 9.30. The van der Waals surface area contributed by atoms with E-state index >= 15 is 0 Å². The predicted molar refractivity (Wildman–Crippen MR) is 89.6 cm³/mol. The van der Waals surface area contributed by atoms with Crippen molar-refractivity contribution in [2.24, 2.45) is 17.3 Å². The van der Waals surface area contributed by atoms with E-state index in [0.717, 1.165) is 19.3 Å². The molecule has 3 aliphatic rings. The zero-order valence-corrected chi connectivity index (χ0v) is 14.3. The van der Waals surface area contributed by atoms with Gasteiger partial charge in [-0.3, -0.25) is 0 Å². The molecule has 1 aromatic carbocycles. The van der Waals surface area contributed by atoms with E-state index in [-0.39, 0.29) is 18.1 Å². The summed E-state index contributed by atoms with van der Waals surface area (Å²) in [6.45, 7) is 1.73. The lowest BCUT2D eigenvalue weighted by atomic mass is 9.55. The second-order valence-electron chi connectivity index (χ2n) is 8.01. The van der Waals surface area contributed by atoms with Gasteiger partial charge in [-0.25, -0.2) is 4.39 Å². The lowest BCUT2D eigenvalue weighted by Crippen LogP contribution is -2.43. The number of hydrogen-bond donors (Lipinski definition) is 1. The Hall–Kier alpha value is -1.13. The van der Waals surface area contributed by atoms with Gasteiger partial charge in [0.25, 0.3) is 0 Å². The van der Waals surface area contributed by atoms with Crippen molar-refractivity contribution in [2.75, 3.05) is 13.3 Å². The van der Waals surface area contributed by atoms with E-state index in [9.17, 15) is 9.50 Å². The Bertz CT molecular complexity index is 605. The van der Waals surface area contributed by atoms with Gasteiger partial charge in [0.2, 0.25) is 0 Å². The van der Waals surface area contributed by atoms with Crippen molar-refractivity contribution >= 4 is 0 Å². The molecular formula is C20H27FO3. The highest BCUT2D eigenvalue weighted by Gasteiger charge is 2.54. The molecule has 2 fully saturated rings. The second-order valence-corrected chi connectivity index (χ2v) is 8.01. The zero-order chi connectivity index (χ0) is 16.7. The molecule has 5 atom stereocenters. The lowest BCUT2D eigenvalue weighted by molar-refractivity contribution is -0.208. The highest BCUT2D eigenvalue weighted by atomic mass is 19.1. The van der Waals surface area contributed by atoms with Gasteiger partial charge < -0.3 is 9.99 Å². The summed E-state index contributed by atoms with van der Waals surface area (Å²) >= 11 is 0. The summed E-state index contributed by atoms with van der Waals surface area (Å²) in [4.78, 5) is 10.0. The molecule has 0 saturated heterocycles. The van der Waals surface area contributed by atoms with Crippen molar-refractivity contribution in [2.45, 2.75) is 57.5 Å². The lowest BCUT2D eigenvalue weighted by Gasteiger charge is -2.50. The molecule has 0 radical (unpaired) electrons. The third kappa shape index (κ3) is 2.55. The number of aliphatic hydroxyl groups is 1. The van der Waals surface area contributed by atoms with Crippen molar-refractivity contribution in [3.8, 4) is 5.75 Å². The van der Waals surface area contributed by atoms with E-state index in [1.165, 1.54) is 30.4 Å². The van der Waals surface area contributed by atoms with Gasteiger partial charge in [-0.1, -0.05) is 13.0 Å². The van der Waals surface area contributed by atoms with Crippen LogP contribution >= 0.6 is 0 Å². The zero-order valence-electron chi connectivity index (χ0n) is 14.3. The molecule has 0 aliphatic heterocycles. The molecule has 24 heavy (non-hydrogen) atoms. The topological polar surface area (TPSA) is 38.7 Å². The van der Waals surface area contributed by atoms with Crippen LogP contribution in [0.1, 0.15) is 56.1 Å². The van der Waals surface area contributed by atoms with E-state index < -0.39 is 6.67 Å². The normalized spacial score (nSPS) is 37.5. The number of rotatable bonds is 4. The van der Waals surface area contributed by atoms with Gasteiger partial charge in [0.15, 0.2) is 5.75 Å². The number of fused-ring (bicyclic) bond motifs is 5. The molecular weight excluding hydrogens is 307 g/mol. The van der Waals surface area contributed by atoms with Gasteiger partial charge in [-0.2, -0.15) is 4.89 Å². The van der Waals surface area contributed by atoms with Gasteiger partial charge >= 0.3 is 0 Å². The largest absolute Gasteiger partial charge is 0.393 e. The molecule has 132 valence electrons. The van der Waals surface area contributed by atoms with Crippen molar-refractivity contribution in [3.63, 3.8) is 0 Å². The van der Waals surface area contributed by atoms with Crippen LogP contribution in [-0.4, -0.2) is 24.5 Å². The van der Waals surface area contributed by atoms with Gasteiger partial charge in [-0.05, 0) is 85.0 Å². The molecule has 0 heterocycles. The molecule has 0 spiro atoms. The van der Waals surface area contributed by atoms with E-state index in [0.29, 0.717) is 23.5 Å². The minimum atomic E-state index is -0.541. The highest BCUT2D eigenvalue weighted by molar-refractivity contribution is 5.40. The van der Waals surface area contributed by atoms with Crippen LogP contribution in [0.5, 0.6) is 5.75 Å². The molecule has 3 aliphatic carbocycles. The van der Waals surface area contributed by atoms with Crippen LogP contribution in [0.3, 0.4) is 0 Å². The number of benzene rings is 1. The maximum Gasteiger partial charge on any atom is 0.165 e. The summed E-state index contributed by atoms with van der Waals surface area (Å²) in [5.74, 6) is 2.63. The van der Waals surface area contributed by atoms with Gasteiger partial charge in [0.05, 0.1) is 6.10 Å². The van der Waals surface area contributed by atoms with Crippen LogP contribution in [0.25, 0.3) is 0 Å². The van der Waals surface area contributed by atoms with Crippen molar-refractivity contribution in [1.82, 2.24) is 0 Å². The summed E-state index contributed by atoms with van der Waals surface area (Å²) in [6, 6.07) is 6.17. The monoisotopic (exact) mass is 334 g/mol. The van der Waals surface area contributed by atoms with Crippen LogP contribution in [0.2, 0.25) is 0 Å². The average molecular weight is 334 g/mol. The Kier molecular flexibility index (Phi) is 4.29. The number of hydrogen-bond acceptors (Lipinski definition) is 3. The Morgan fingerprint density at radius 2 is 2.12 bits per heavy atom. The number of aryl methyl sites for hydroxylation is 1. The van der Waals surface area contributed by atoms with Crippen LogP contribution < -0.4 is 4.89 Å². The van der Waals surface area contributed by atoms with Crippen molar-refractivity contribution in [3.05, 3.63) is 29.3 Å². The molecule has 1 aromatic rings. The summed E-state index contributed by atoms with van der Waals surface area (Å²) in [6.07, 6.45) is 6.56. The quantitative estimate of drug-likeness (QED) is 0.510. The fourth-order valence-electron chi connectivity index (χ4n) is 5.72. The fourth-order valence-corrected chi connectivity index (χ4v) is 5.72. The van der Waals surface area contributed by atoms with Gasteiger partial charge in [0.1, 0.15) is 13.3 Å². The molecule has 2 saturated carbocycles. The Balaban J connectivity index is 1.55. The Labute approximate surface area is 143 Å². The van der Waals surface area contributed by atoms with Crippen LogP contribution in [0.15, 0.2) is 18.2 Å². The standard InChI is InChI=1S/C20H27FO3/c1-20-9-8-16-15-5-3-14(24-23-11-10-21)12-13(15)2-4-17(16)18(20)6-7-19(20)22/h3,5,12,16-19,22H,2,4,6-11H2,1H3/t16-,17-,18+,19+,20+/m1/s1. The smallest absolute Gasteiger partial charge is 0.165 e. The number of alkyl halides is 1. The number of halogens is 1. The first-order chi connectivity index (χ1) is 11.6. The van der Waals surface area contributed by atoms with Crippen LogP contribution in [0.4, 0.5) is 4.39 Å². The number of aliphatic hydroxyl groups excluding tert-OH is 1. The van der Waals surface area contributed by atoms with Crippen LogP contribution in [-0.2, 0) is 11.3 Å². The van der Waals surface area contributed by atoms with Crippen LogP contribution in [0, 0.1) is 17.3 Å². The molecule has 1 N–H and O–H groups in total. The summed E-state index contributed by atoms with van der Waals surface area (Å²) < 4.78 is 12.1. The SMILES string of the molecule is C[C@]12CC[C@@H]3c4ccc(OOCCF)cc4CC[C@H]3[C@@H]1CC[C@@H]2O. The maximum absolute atomic E-state index is 12.1. The highest BCUT2D eigenvalue weighted by Crippen LogP contribution is 2.60. The summed E-state index contributed by atoms with van der Waals surface area (Å²) in [7, 11) is 0. The molecule has 0 unspecified atom stereocenters.